The van der Waals surface area contributed by atoms with Crippen molar-refractivity contribution in [2.24, 2.45) is 5.92 Å². The summed E-state index contributed by atoms with van der Waals surface area (Å²) >= 11 is 0. The Morgan fingerprint density at radius 2 is 1.69 bits per heavy atom. The van der Waals surface area contributed by atoms with E-state index in [1.54, 1.807) is 6.92 Å². The third-order valence-electron chi connectivity index (χ3n) is 2.82. The zero-order chi connectivity index (χ0) is 12.8. The Hall–Kier alpha value is -0.580. The number of hydrogen-bond donors (Lipinski definition) is 1. The maximum absolute atomic E-state index is 11.8. The van der Waals surface area contributed by atoms with Crippen LogP contribution in [0.2, 0.25) is 0 Å². The van der Waals surface area contributed by atoms with Gasteiger partial charge in [0.15, 0.2) is 9.84 Å². The summed E-state index contributed by atoms with van der Waals surface area (Å²) in [6.07, 6.45) is 1.91. The molecule has 0 aliphatic rings. The average Bonchev–Trinajstić information content (AvgIpc) is 2.15. The number of carbonyl (C=O) groups is 1. The summed E-state index contributed by atoms with van der Waals surface area (Å²) in [6.45, 7) is 5.52. The number of hydrogen-bond acceptors (Lipinski definition) is 3. The topological polar surface area (TPSA) is 71.4 Å². The SMILES string of the molecule is CC(C)C(C)S(=O)(=O)CCCCCC(=O)O. The first-order valence-corrected chi connectivity index (χ1v) is 7.42. The first kappa shape index (κ1) is 15.4. The molecule has 0 aromatic heterocycles. The lowest BCUT2D eigenvalue weighted by molar-refractivity contribution is -0.137. The molecule has 0 rings (SSSR count). The Bertz CT molecular complexity index is 306. The Morgan fingerprint density at radius 1 is 1.12 bits per heavy atom. The van der Waals surface area contributed by atoms with E-state index in [9.17, 15) is 13.2 Å². The van der Waals surface area contributed by atoms with E-state index in [1.165, 1.54) is 0 Å². The van der Waals surface area contributed by atoms with Crippen molar-refractivity contribution >= 4 is 15.8 Å². The second kappa shape index (κ2) is 6.89. The van der Waals surface area contributed by atoms with Crippen LogP contribution in [-0.2, 0) is 14.6 Å². The van der Waals surface area contributed by atoms with Gasteiger partial charge in [0.2, 0.25) is 0 Å². The normalized spacial score (nSPS) is 14.0. The smallest absolute Gasteiger partial charge is 0.303 e. The Labute approximate surface area is 98.0 Å². The molecule has 0 amide bonds. The van der Waals surface area contributed by atoms with Gasteiger partial charge in [0.05, 0.1) is 11.0 Å². The fraction of sp³-hybridized carbons (Fsp3) is 0.909. The average molecular weight is 250 g/mol. The lowest BCUT2D eigenvalue weighted by atomic mass is 10.2. The van der Waals surface area contributed by atoms with Crippen LogP contribution < -0.4 is 0 Å². The summed E-state index contributed by atoms with van der Waals surface area (Å²) in [5, 5.41) is 8.10. The molecule has 0 aliphatic heterocycles. The minimum absolute atomic E-state index is 0.125. The number of rotatable bonds is 8. The number of aliphatic carboxylic acids is 1. The third kappa shape index (κ3) is 6.10. The highest BCUT2D eigenvalue weighted by Crippen LogP contribution is 2.14. The van der Waals surface area contributed by atoms with Crippen LogP contribution in [0.4, 0.5) is 0 Å². The molecule has 4 nitrogen and oxygen atoms in total. The molecular weight excluding hydrogens is 228 g/mol. The Kier molecular flexibility index (Phi) is 6.64. The predicted molar refractivity (Wildman–Crippen MR) is 64.2 cm³/mol. The molecule has 5 heteroatoms. The first-order valence-electron chi connectivity index (χ1n) is 5.70. The van der Waals surface area contributed by atoms with E-state index in [0.29, 0.717) is 19.3 Å². The molecule has 0 aromatic rings. The van der Waals surface area contributed by atoms with Crippen LogP contribution in [-0.4, -0.2) is 30.5 Å². The van der Waals surface area contributed by atoms with Gasteiger partial charge >= 0.3 is 5.97 Å². The Balaban J connectivity index is 3.88. The molecule has 0 aliphatic carbocycles. The number of carboxylic acid groups (broad SMARTS) is 1. The minimum atomic E-state index is -3.01. The van der Waals surface area contributed by atoms with Crippen molar-refractivity contribution in [3.05, 3.63) is 0 Å². The molecule has 16 heavy (non-hydrogen) atoms. The summed E-state index contributed by atoms with van der Waals surface area (Å²) in [5.74, 6) is -0.520. The molecule has 1 unspecified atom stereocenters. The van der Waals surface area contributed by atoms with E-state index in [0.717, 1.165) is 0 Å². The van der Waals surface area contributed by atoms with E-state index in [-0.39, 0.29) is 23.3 Å². The van der Waals surface area contributed by atoms with E-state index in [4.69, 9.17) is 5.11 Å². The zero-order valence-electron chi connectivity index (χ0n) is 10.3. The van der Waals surface area contributed by atoms with Gasteiger partial charge in [0.1, 0.15) is 0 Å². The molecule has 0 heterocycles. The first-order chi connectivity index (χ1) is 7.27. The highest BCUT2D eigenvalue weighted by atomic mass is 32.2. The largest absolute Gasteiger partial charge is 0.481 e. The molecule has 1 N–H and O–H groups in total. The van der Waals surface area contributed by atoms with E-state index < -0.39 is 15.8 Å². The van der Waals surface area contributed by atoms with Gasteiger partial charge in [-0.2, -0.15) is 0 Å². The monoisotopic (exact) mass is 250 g/mol. The van der Waals surface area contributed by atoms with Crippen LogP contribution >= 0.6 is 0 Å². The lowest BCUT2D eigenvalue weighted by Crippen LogP contribution is -2.25. The maximum atomic E-state index is 11.8. The highest BCUT2D eigenvalue weighted by molar-refractivity contribution is 7.92. The van der Waals surface area contributed by atoms with Crippen LogP contribution in [0.5, 0.6) is 0 Å². The van der Waals surface area contributed by atoms with Crippen molar-refractivity contribution in [3.8, 4) is 0 Å². The Morgan fingerprint density at radius 3 is 2.12 bits per heavy atom. The summed E-state index contributed by atoms with van der Waals surface area (Å²) in [6, 6.07) is 0. The molecule has 1 atom stereocenters. The fourth-order valence-corrected chi connectivity index (χ4v) is 3.16. The molecule has 96 valence electrons. The lowest BCUT2D eigenvalue weighted by Gasteiger charge is -2.16. The van der Waals surface area contributed by atoms with Crippen LogP contribution in [0.25, 0.3) is 0 Å². The molecule has 0 fully saturated rings. The molecule has 0 bridgehead atoms. The molecule has 0 aromatic carbocycles. The zero-order valence-corrected chi connectivity index (χ0v) is 11.1. The predicted octanol–water partition coefficient (Wildman–Crippen LogP) is 2.09. The quantitative estimate of drug-likeness (QED) is 0.670. The third-order valence-corrected chi connectivity index (χ3v) is 5.36. The standard InChI is InChI=1S/C11H22O4S/c1-9(2)10(3)16(14,15)8-6-4-5-7-11(12)13/h9-10H,4-8H2,1-3H3,(H,12,13). The van der Waals surface area contributed by atoms with Crippen LogP contribution in [0.3, 0.4) is 0 Å². The molecule has 0 saturated heterocycles. The van der Waals surface area contributed by atoms with Gasteiger partial charge in [-0.25, -0.2) is 8.42 Å². The van der Waals surface area contributed by atoms with Gasteiger partial charge in [0, 0.05) is 6.42 Å². The number of carboxylic acids is 1. The highest BCUT2D eigenvalue weighted by Gasteiger charge is 2.22. The molecule has 0 radical (unpaired) electrons. The second-order valence-electron chi connectivity index (χ2n) is 4.52. The van der Waals surface area contributed by atoms with Crippen molar-refractivity contribution in [1.82, 2.24) is 0 Å². The van der Waals surface area contributed by atoms with Crippen molar-refractivity contribution < 1.29 is 18.3 Å². The van der Waals surface area contributed by atoms with Crippen LogP contribution in [0.15, 0.2) is 0 Å². The van der Waals surface area contributed by atoms with E-state index in [1.807, 2.05) is 13.8 Å². The van der Waals surface area contributed by atoms with Gasteiger partial charge in [-0.15, -0.1) is 0 Å². The van der Waals surface area contributed by atoms with Crippen LogP contribution in [0, 0.1) is 5.92 Å². The molecular formula is C11H22O4S. The maximum Gasteiger partial charge on any atom is 0.303 e. The van der Waals surface area contributed by atoms with Crippen molar-refractivity contribution in [1.29, 1.82) is 0 Å². The van der Waals surface area contributed by atoms with Gasteiger partial charge in [-0.1, -0.05) is 20.3 Å². The number of sulfone groups is 1. The van der Waals surface area contributed by atoms with E-state index in [2.05, 4.69) is 0 Å². The van der Waals surface area contributed by atoms with Crippen molar-refractivity contribution in [2.45, 2.75) is 51.7 Å². The van der Waals surface area contributed by atoms with Gasteiger partial charge in [-0.3, -0.25) is 4.79 Å². The second-order valence-corrected chi connectivity index (χ2v) is 7.00. The summed E-state index contributed by atoms with van der Waals surface area (Å²) < 4.78 is 23.5. The fourth-order valence-electron chi connectivity index (χ4n) is 1.36. The summed E-state index contributed by atoms with van der Waals surface area (Å²) in [7, 11) is -3.01. The van der Waals surface area contributed by atoms with Crippen LogP contribution in [0.1, 0.15) is 46.5 Å². The number of unbranched alkanes of at least 4 members (excludes halogenated alkanes) is 2. The van der Waals surface area contributed by atoms with Crippen molar-refractivity contribution in [3.63, 3.8) is 0 Å². The van der Waals surface area contributed by atoms with Crippen molar-refractivity contribution in [2.75, 3.05) is 5.75 Å². The molecule has 0 spiro atoms. The van der Waals surface area contributed by atoms with Gasteiger partial charge in [0.25, 0.3) is 0 Å². The van der Waals surface area contributed by atoms with E-state index >= 15 is 0 Å². The minimum Gasteiger partial charge on any atom is -0.481 e. The van der Waals surface area contributed by atoms with Gasteiger partial charge < -0.3 is 5.11 Å². The van der Waals surface area contributed by atoms with Gasteiger partial charge in [-0.05, 0) is 25.7 Å². The molecule has 0 saturated carbocycles. The summed E-state index contributed by atoms with van der Waals surface area (Å²) in [5.41, 5.74) is 0. The summed E-state index contributed by atoms with van der Waals surface area (Å²) in [4.78, 5) is 10.2.